The summed E-state index contributed by atoms with van der Waals surface area (Å²) < 4.78 is 11.2. The average Bonchev–Trinajstić information content (AvgIpc) is 2.25. The van der Waals surface area contributed by atoms with Crippen LogP contribution < -0.4 is 15.2 Å². The Labute approximate surface area is 97.6 Å². The topological polar surface area (TPSA) is 44.5 Å². The van der Waals surface area contributed by atoms with Crippen LogP contribution in [0.15, 0.2) is 12.1 Å². The van der Waals surface area contributed by atoms with Crippen molar-refractivity contribution in [3.8, 4) is 11.5 Å². The van der Waals surface area contributed by atoms with Gasteiger partial charge in [-0.2, -0.15) is 0 Å². The Balaban J connectivity index is 2.75. The third kappa shape index (κ3) is 3.42. The number of aryl methyl sites for hydroxylation is 2. The van der Waals surface area contributed by atoms with E-state index in [1.54, 1.807) is 0 Å². The molecular weight excluding hydrogens is 202 g/mol. The van der Waals surface area contributed by atoms with E-state index in [4.69, 9.17) is 15.2 Å². The molecule has 0 aliphatic rings. The largest absolute Gasteiger partial charge is 0.494 e. The van der Waals surface area contributed by atoms with Crippen LogP contribution >= 0.6 is 0 Å². The molecule has 0 bridgehead atoms. The lowest BCUT2D eigenvalue weighted by atomic mass is 10.1. The zero-order chi connectivity index (χ0) is 12.0. The fourth-order valence-corrected chi connectivity index (χ4v) is 1.50. The van der Waals surface area contributed by atoms with Crippen LogP contribution in [0.1, 0.15) is 24.5 Å². The molecule has 0 atom stereocenters. The molecule has 0 aromatic heterocycles. The Bertz CT molecular complexity index is 337. The molecule has 0 aliphatic heterocycles. The van der Waals surface area contributed by atoms with E-state index in [1.165, 1.54) is 0 Å². The summed E-state index contributed by atoms with van der Waals surface area (Å²) in [6, 6.07) is 4.05. The lowest BCUT2D eigenvalue weighted by Gasteiger charge is -2.13. The molecule has 0 amide bonds. The van der Waals surface area contributed by atoms with Crippen molar-refractivity contribution in [3.63, 3.8) is 0 Å². The van der Waals surface area contributed by atoms with Crippen LogP contribution in [0.2, 0.25) is 0 Å². The summed E-state index contributed by atoms with van der Waals surface area (Å²) in [6.45, 7) is 8.06. The summed E-state index contributed by atoms with van der Waals surface area (Å²) in [4.78, 5) is 0. The fourth-order valence-electron chi connectivity index (χ4n) is 1.50. The van der Waals surface area contributed by atoms with Gasteiger partial charge in [0.05, 0.1) is 13.2 Å². The van der Waals surface area contributed by atoms with E-state index in [0.29, 0.717) is 19.8 Å². The molecule has 0 saturated heterocycles. The van der Waals surface area contributed by atoms with Gasteiger partial charge in [0.25, 0.3) is 0 Å². The summed E-state index contributed by atoms with van der Waals surface area (Å²) in [5.41, 5.74) is 7.63. The molecule has 0 fully saturated rings. The number of benzene rings is 1. The molecule has 0 aliphatic carbocycles. The van der Waals surface area contributed by atoms with Crippen LogP contribution in [0.4, 0.5) is 0 Å². The summed E-state index contributed by atoms with van der Waals surface area (Å²) in [7, 11) is 0. The van der Waals surface area contributed by atoms with E-state index in [2.05, 4.69) is 0 Å². The monoisotopic (exact) mass is 223 g/mol. The van der Waals surface area contributed by atoms with Gasteiger partial charge < -0.3 is 15.2 Å². The van der Waals surface area contributed by atoms with Crippen LogP contribution in [0, 0.1) is 13.8 Å². The van der Waals surface area contributed by atoms with Crippen LogP contribution in [0.3, 0.4) is 0 Å². The number of hydrogen-bond donors (Lipinski definition) is 1. The van der Waals surface area contributed by atoms with Crippen molar-refractivity contribution in [2.24, 2.45) is 5.73 Å². The summed E-state index contributed by atoms with van der Waals surface area (Å²) in [5, 5.41) is 0. The minimum absolute atomic E-state index is 0.662. The molecular formula is C13H21NO2. The first-order chi connectivity index (χ1) is 7.69. The van der Waals surface area contributed by atoms with E-state index in [9.17, 15) is 0 Å². The van der Waals surface area contributed by atoms with Gasteiger partial charge in [-0.05, 0) is 57.0 Å². The van der Waals surface area contributed by atoms with Gasteiger partial charge in [0, 0.05) is 0 Å². The Morgan fingerprint density at radius 3 is 2.12 bits per heavy atom. The van der Waals surface area contributed by atoms with Crippen LogP contribution in [0.5, 0.6) is 11.5 Å². The smallest absolute Gasteiger partial charge is 0.122 e. The Morgan fingerprint density at radius 1 is 1.06 bits per heavy atom. The molecule has 0 unspecified atom stereocenters. The molecule has 0 radical (unpaired) electrons. The first-order valence-corrected chi connectivity index (χ1v) is 5.76. The van der Waals surface area contributed by atoms with E-state index in [1.807, 2.05) is 32.9 Å². The van der Waals surface area contributed by atoms with Gasteiger partial charge in [-0.25, -0.2) is 0 Å². The minimum Gasteiger partial charge on any atom is -0.494 e. The molecule has 0 heterocycles. The predicted molar refractivity (Wildman–Crippen MR) is 66.3 cm³/mol. The molecule has 16 heavy (non-hydrogen) atoms. The number of ether oxygens (including phenoxy) is 2. The second-order valence-electron chi connectivity index (χ2n) is 3.81. The lowest BCUT2D eigenvalue weighted by Crippen LogP contribution is -2.07. The van der Waals surface area contributed by atoms with Crippen molar-refractivity contribution in [1.82, 2.24) is 0 Å². The molecule has 90 valence electrons. The third-order valence-electron chi connectivity index (χ3n) is 2.38. The molecule has 3 nitrogen and oxygen atoms in total. The van der Waals surface area contributed by atoms with E-state index < -0.39 is 0 Å². The van der Waals surface area contributed by atoms with E-state index >= 15 is 0 Å². The van der Waals surface area contributed by atoms with Crippen molar-refractivity contribution in [1.29, 1.82) is 0 Å². The van der Waals surface area contributed by atoms with Crippen molar-refractivity contribution in [3.05, 3.63) is 23.3 Å². The maximum atomic E-state index is 5.66. The van der Waals surface area contributed by atoms with Gasteiger partial charge in [0.1, 0.15) is 11.5 Å². The number of rotatable bonds is 6. The Kier molecular flexibility index (Phi) is 5.12. The minimum atomic E-state index is 0.662. The Morgan fingerprint density at radius 2 is 1.62 bits per heavy atom. The standard InChI is InChI=1S/C13H21NO2/c1-4-15-12-8-11(3)13(9-10(12)2)16-7-5-6-14/h8-9H,4-7,14H2,1-3H3. The lowest BCUT2D eigenvalue weighted by molar-refractivity contribution is 0.307. The highest BCUT2D eigenvalue weighted by Gasteiger charge is 2.05. The van der Waals surface area contributed by atoms with Crippen LogP contribution in [0.25, 0.3) is 0 Å². The molecule has 2 N–H and O–H groups in total. The van der Waals surface area contributed by atoms with Crippen LogP contribution in [-0.4, -0.2) is 19.8 Å². The summed E-state index contributed by atoms with van der Waals surface area (Å²) in [5.74, 6) is 1.86. The normalized spacial score (nSPS) is 10.2. The fraction of sp³-hybridized carbons (Fsp3) is 0.538. The zero-order valence-corrected chi connectivity index (χ0v) is 10.4. The van der Waals surface area contributed by atoms with Crippen LogP contribution in [-0.2, 0) is 0 Å². The maximum Gasteiger partial charge on any atom is 0.122 e. The first-order valence-electron chi connectivity index (χ1n) is 5.76. The van der Waals surface area contributed by atoms with Crippen molar-refractivity contribution in [2.75, 3.05) is 19.8 Å². The molecule has 1 rings (SSSR count). The molecule has 1 aromatic rings. The van der Waals surface area contributed by atoms with Gasteiger partial charge in [-0.3, -0.25) is 0 Å². The SMILES string of the molecule is CCOc1cc(C)c(OCCCN)cc1C. The molecule has 1 aromatic carbocycles. The second kappa shape index (κ2) is 6.38. The highest BCUT2D eigenvalue weighted by molar-refractivity contribution is 5.45. The zero-order valence-electron chi connectivity index (χ0n) is 10.4. The van der Waals surface area contributed by atoms with E-state index in [-0.39, 0.29) is 0 Å². The summed E-state index contributed by atoms with van der Waals surface area (Å²) in [6.07, 6.45) is 0.881. The second-order valence-corrected chi connectivity index (χ2v) is 3.81. The molecule has 0 saturated carbocycles. The predicted octanol–water partition coefficient (Wildman–Crippen LogP) is 2.43. The highest BCUT2D eigenvalue weighted by Crippen LogP contribution is 2.27. The highest BCUT2D eigenvalue weighted by atomic mass is 16.5. The quantitative estimate of drug-likeness (QED) is 0.753. The number of hydrogen-bond acceptors (Lipinski definition) is 3. The first kappa shape index (κ1) is 12.8. The molecule has 3 heteroatoms. The van der Waals surface area contributed by atoms with Crippen molar-refractivity contribution in [2.45, 2.75) is 27.2 Å². The van der Waals surface area contributed by atoms with Gasteiger partial charge in [-0.1, -0.05) is 0 Å². The average molecular weight is 223 g/mol. The third-order valence-corrected chi connectivity index (χ3v) is 2.38. The van der Waals surface area contributed by atoms with E-state index in [0.717, 1.165) is 29.0 Å². The van der Waals surface area contributed by atoms with Gasteiger partial charge in [-0.15, -0.1) is 0 Å². The maximum absolute atomic E-state index is 5.66. The summed E-state index contributed by atoms with van der Waals surface area (Å²) >= 11 is 0. The Hall–Kier alpha value is -1.22. The van der Waals surface area contributed by atoms with Crippen molar-refractivity contribution < 1.29 is 9.47 Å². The molecule has 0 spiro atoms. The van der Waals surface area contributed by atoms with Gasteiger partial charge in [0.15, 0.2) is 0 Å². The van der Waals surface area contributed by atoms with Gasteiger partial charge in [0.2, 0.25) is 0 Å². The van der Waals surface area contributed by atoms with Gasteiger partial charge >= 0.3 is 0 Å². The number of nitrogens with two attached hydrogens (primary N) is 1. The van der Waals surface area contributed by atoms with Crippen molar-refractivity contribution >= 4 is 0 Å².